The molecule has 0 aliphatic carbocycles. The number of hydrogen-bond donors (Lipinski definition) is 3. The summed E-state index contributed by atoms with van der Waals surface area (Å²) < 4.78 is 28.9. The van der Waals surface area contributed by atoms with Crippen molar-refractivity contribution in [3.8, 4) is 0 Å². The van der Waals surface area contributed by atoms with Gasteiger partial charge >= 0.3 is 5.66 Å². The van der Waals surface area contributed by atoms with Crippen LogP contribution in [0.1, 0.15) is 41.4 Å². The molecule has 0 radical (unpaired) electrons. The summed E-state index contributed by atoms with van der Waals surface area (Å²) in [5, 5.41) is 3.03. The van der Waals surface area contributed by atoms with Gasteiger partial charge < -0.3 is 29.8 Å². The molecule has 0 spiro atoms. The van der Waals surface area contributed by atoms with Gasteiger partial charge in [-0.1, -0.05) is 24.3 Å². The Balaban J connectivity index is 1.41. The molecule has 14 heteroatoms. The number of rotatable bonds is 6. The number of anilines is 1. The summed E-state index contributed by atoms with van der Waals surface area (Å²) in [7, 11) is -1.90. The van der Waals surface area contributed by atoms with E-state index in [-0.39, 0.29) is 29.3 Å². The Kier molecular flexibility index (Phi) is 8.80. The van der Waals surface area contributed by atoms with Crippen molar-refractivity contribution >= 4 is 59.1 Å². The van der Waals surface area contributed by atoms with Crippen molar-refractivity contribution in [3.63, 3.8) is 0 Å². The molecule has 3 atom stereocenters. The van der Waals surface area contributed by atoms with Gasteiger partial charge in [-0.3, -0.25) is 19.2 Å². The third kappa shape index (κ3) is 6.12. The monoisotopic (exact) mass is 632 g/mol. The molecule has 0 bridgehead atoms. The van der Waals surface area contributed by atoms with Crippen LogP contribution in [-0.2, 0) is 20.0 Å². The van der Waals surface area contributed by atoms with Gasteiger partial charge in [0.05, 0.1) is 4.88 Å². The lowest BCUT2D eigenvalue weighted by molar-refractivity contribution is -0.144. The van der Waals surface area contributed by atoms with E-state index in [1.807, 2.05) is 18.2 Å². The Labute approximate surface area is 251 Å². The highest BCUT2D eigenvalue weighted by Gasteiger charge is 2.46. The normalized spacial score (nSPS) is 21.0. The number of likely N-dealkylation sites (N-methyl/N-ethyl adjacent to an activating group) is 1. The van der Waals surface area contributed by atoms with E-state index in [2.05, 4.69) is 5.32 Å². The van der Waals surface area contributed by atoms with Gasteiger partial charge in [-0.15, -0.1) is 11.3 Å². The number of benzene rings is 2. The number of carbonyl (C=O) groups is 4. The number of hydrogen-bond acceptors (Lipinski definition) is 7. The zero-order valence-corrected chi connectivity index (χ0v) is 25.2. The standard InChI is InChI=1S/C29H31F2N4O6PS/c1-17(36)34-13-12-21-9-10-23(28(39)33(2)20-6-4-3-5-7-20)35(21)27(38)22(16-34)32-26(37)25-15-18-14-19(8-11-24(18)43-25)29(30,31)42(40)41/h3-8,11,14-15,21-23,40-41H,9-10,12-13,16H2,1-2H3,(H,32,37)/t21-,22+,23+/m1/s1. The molecule has 3 heterocycles. The predicted molar refractivity (Wildman–Crippen MR) is 159 cm³/mol. The summed E-state index contributed by atoms with van der Waals surface area (Å²) in [5.74, 6) is -1.60. The van der Waals surface area contributed by atoms with Crippen LogP contribution in [-0.4, -0.2) is 81.5 Å². The molecule has 0 unspecified atom stereocenters. The summed E-state index contributed by atoms with van der Waals surface area (Å²) in [4.78, 5) is 76.5. The molecule has 1 aromatic heterocycles. The highest BCUT2D eigenvalue weighted by Crippen LogP contribution is 2.53. The van der Waals surface area contributed by atoms with Gasteiger partial charge in [-0.05, 0) is 55.0 Å². The molecule has 3 aromatic rings. The third-order valence-corrected chi connectivity index (χ3v) is 9.91. The summed E-state index contributed by atoms with van der Waals surface area (Å²) in [6.45, 7) is 1.66. The van der Waals surface area contributed by atoms with E-state index in [0.717, 1.165) is 23.5 Å². The Bertz CT molecular complexity index is 1550. The van der Waals surface area contributed by atoms with Crippen molar-refractivity contribution in [3.05, 3.63) is 65.0 Å². The minimum Gasteiger partial charge on any atom is -0.346 e. The Morgan fingerprint density at radius 1 is 1.07 bits per heavy atom. The molecular formula is C29H31F2N4O6PS. The minimum atomic E-state index is -3.84. The first kappa shape index (κ1) is 30.9. The van der Waals surface area contributed by atoms with Crippen LogP contribution in [0.5, 0.6) is 0 Å². The molecule has 2 saturated heterocycles. The lowest BCUT2D eigenvalue weighted by Gasteiger charge is -2.39. The van der Waals surface area contributed by atoms with Gasteiger partial charge in [0, 0.05) is 49.1 Å². The smallest absolute Gasteiger partial charge is 0.339 e. The van der Waals surface area contributed by atoms with Crippen LogP contribution in [0.15, 0.2) is 54.6 Å². The molecule has 4 amide bonds. The molecule has 5 rings (SSSR count). The predicted octanol–water partition coefficient (Wildman–Crippen LogP) is 3.62. The van der Waals surface area contributed by atoms with Crippen LogP contribution >= 0.6 is 19.7 Å². The molecule has 2 aliphatic rings. The summed E-state index contributed by atoms with van der Waals surface area (Å²) in [6.07, 6.45) is 1.52. The zero-order chi connectivity index (χ0) is 31.1. The van der Waals surface area contributed by atoms with Crippen LogP contribution in [0.25, 0.3) is 10.1 Å². The lowest BCUT2D eigenvalue weighted by Crippen LogP contribution is -2.61. The number of nitrogens with zero attached hydrogens (tertiary/aromatic N) is 3. The van der Waals surface area contributed by atoms with Gasteiger partial charge in [0.25, 0.3) is 5.91 Å². The highest BCUT2D eigenvalue weighted by molar-refractivity contribution is 7.46. The summed E-state index contributed by atoms with van der Waals surface area (Å²) in [5.41, 5.74) is -3.75. The largest absolute Gasteiger partial charge is 0.346 e. The van der Waals surface area contributed by atoms with Crippen molar-refractivity contribution in [2.75, 3.05) is 25.0 Å². The SMILES string of the molecule is CC(=O)N1CC[C@H]2CC[C@@H](C(=O)N(C)c3ccccc3)N2C(=O)[C@@H](NC(=O)c2cc3cc(C(F)(F)P(O)O)ccc3s2)C1. The van der Waals surface area contributed by atoms with Gasteiger partial charge in [0.15, 0.2) is 0 Å². The van der Waals surface area contributed by atoms with E-state index in [9.17, 15) is 28.0 Å². The Morgan fingerprint density at radius 3 is 2.47 bits per heavy atom. The molecule has 2 aromatic carbocycles. The quantitative estimate of drug-likeness (QED) is 0.356. The number of alkyl halides is 2. The lowest BCUT2D eigenvalue weighted by atomic mass is 10.1. The van der Waals surface area contributed by atoms with Gasteiger partial charge in [0.1, 0.15) is 12.1 Å². The average molecular weight is 633 g/mol. The highest BCUT2D eigenvalue weighted by atomic mass is 32.1. The first-order valence-electron chi connectivity index (χ1n) is 13.7. The summed E-state index contributed by atoms with van der Waals surface area (Å²) >= 11 is 1.02. The number of halogens is 2. The molecule has 3 N–H and O–H groups in total. The average Bonchev–Trinajstić information content (AvgIpc) is 3.61. The van der Waals surface area contributed by atoms with Gasteiger partial charge in [-0.2, -0.15) is 8.78 Å². The van der Waals surface area contributed by atoms with E-state index in [1.54, 1.807) is 24.1 Å². The van der Waals surface area contributed by atoms with Crippen molar-refractivity contribution < 1.29 is 37.7 Å². The second-order valence-electron chi connectivity index (χ2n) is 10.7. The molecule has 0 saturated carbocycles. The van der Waals surface area contributed by atoms with E-state index in [0.29, 0.717) is 41.6 Å². The first-order valence-corrected chi connectivity index (χ1v) is 15.8. The fraction of sp³-hybridized carbons (Fsp3) is 0.379. The van der Waals surface area contributed by atoms with Crippen LogP contribution in [0.4, 0.5) is 14.5 Å². The Morgan fingerprint density at radius 2 is 1.79 bits per heavy atom. The number of nitrogens with one attached hydrogen (secondary N) is 1. The van der Waals surface area contributed by atoms with Crippen molar-refractivity contribution in [2.45, 2.75) is 50.0 Å². The minimum absolute atomic E-state index is 0.0869. The van der Waals surface area contributed by atoms with E-state index in [1.165, 1.54) is 28.9 Å². The van der Waals surface area contributed by atoms with Crippen LogP contribution in [0.3, 0.4) is 0 Å². The number of para-hydroxylation sites is 1. The van der Waals surface area contributed by atoms with Crippen molar-refractivity contribution in [1.29, 1.82) is 0 Å². The maximum atomic E-state index is 14.2. The van der Waals surface area contributed by atoms with Gasteiger partial charge in [-0.25, -0.2) is 0 Å². The van der Waals surface area contributed by atoms with E-state index < -0.39 is 43.5 Å². The van der Waals surface area contributed by atoms with E-state index in [4.69, 9.17) is 9.79 Å². The number of amides is 4. The molecule has 2 fully saturated rings. The van der Waals surface area contributed by atoms with Crippen molar-refractivity contribution in [1.82, 2.24) is 15.1 Å². The fourth-order valence-electron chi connectivity index (χ4n) is 5.70. The summed E-state index contributed by atoms with van der Waals surface area (Å²) in [6, 6.07) is 11.8. The Hall–Kier alpha value is -3.51. The maximum absolute atomic E-state index is 14.2. The number of carbonyl (C=O) groups excluding carboxylic acids is 4. The topological polar surface area (TPSA) is 130 Å². The fourth-order valence-corrected chi connectivity index (χ4v) is 7.02. The molecule has 43 heavy (non-hydrogen) atoms. The second-order valence-corrected chi connectivity index (χ2v) is 12.9. The van der Waals surface area contributed by atoms with Crippen LogP contribution in [0, 0.1) is 0 Å². The second kappa shape index (κ2) is 12.2. The van der Waals surface area contributed by atoms with Crippen molar-refractivity contribution in [2.24, 2.45) is 0 Å². The maximum Gasteiger partial charge on any atom is 0.339 e. The van der Waals surface area contributed by atoms with E-state index >= 15 is 0 Å². The number of fused-ring (bicyclic) bond motifs is 2. The molecule has 228 valence electrons. The number of thiophene rings is 1. The molecule has 2 aliphatic heterocycles. The van der Waals surface area contributed by atoms with Crippen LogP contribution in [0.2, 0.25) is 0 Å². The first-order chi connectivity index (χ1) is 20.4. The van der Waals surface area contributed by atoms with Gasteiger partial charge in [0.2, 0.25) is 26.1 Å². The zero-order valence-electron chi connectivity index (χ0n) is 23.4. The molecular weight excluding hydrogens is 601 g/mol. The van der Waals surface area contributed by atoms with Crippen LogP contribution < -0.4 is 10.2 Å². The third-order valence-electron chi connectivity index (χ3n) is 8.04. The molecule has 10 nitrogen and oxygen atoms in total.